The number of aliphatic hydroxyl groups is 1. The van der Waals surface area contributed by atoms with Gasteiger partial charge in [0.1, 0.15) is 0 Å². The molecular formula is C14H21NO. The van der Waals surface area contributed by atoms with Gasteiger partial charge in [-0.25, -0.2) is 0 Å². The fraction of sp³-hybridized carbons (Fsp3) is 0.571. The van der Waals surface area contributed by atoms with Gasteiger partial charge in [-0.1, -0.05) is 30.7 Å². The summed E-state index contributed by atoms with van der Waals surface area (Å²) in [5, 5.41) is 12.8. The van der Waals surface area contributed by atoms with E-state index >= 15 is 0 Å². The Balaban J connectivity index is 2.18. The molecule has 1 aromatic rings. The smallest absolute Gasteiger partial charge is 0.0636 e. The number of aliphatic hydroxyl groups excluding tert-OH is 1. The predicted octanol–water partition coefficient (Wildman–Crippen LogP) is 2.20. The maximum atomic E-state index is 9.34. The monoisotopic (exact) mass is 219 g/mol. The molecule has 0 saturated carbocycles. The summed E-state index contributed by atoms with van der Waals surface area (Å²) in [6.45, 7) is 6.90. The molecule has 3 unspecified atom stereocenters. The molecule has 0 aromatic heterocycles. The Morgan fingerprint density at radius 1 is 1.50 bits per heavy atom. The van der Waals surface area contributed by atoms with Crippen molar-refractivity contribution in [2.24, 2.45) is 5.92 Å². The summed E-state index contributed by atoms with van der Waals surface area (Å²) in [5.74, 6) is 0.621. The number of rotatable bonds is 3. The molecule has 0 aliphatic heterocycles. The molecule has 1 aromatic carbocycles. The van der Waals surface area contributed by atoms with E-state index in [0.717, 1.165) is 6.42 Å². The zero-order valence-electron chi connectivity index (χ0n) is 10.3. The minimum absolute atomic E-state index is 0.277. The van der Waals surface area contributed by atoms with E-state index in [-0.39, 0.29) is 6.10 Å². The van der Waals surface area contributed by atoms with Gasteiger partial charge in [0.2, 0.25) is 0 Å². The fourth-order valence-corrected chi connectivity index (χ4v) is 2.57. The molecule has 2 nitrogen and oxygen atoms in total. The summed E-state index contributed by atoms with van der Waals surface area (Å²) < 4.78 is 0. The minimum atomic E-state index is -0.277. The molecule has 88 valence electrons. The van der Waals surface area contributed by atoms with Crippen LogP contribution < -0.4 is 5.32 Å². The highest BCUT2D eigenvalue weighted by atomic mass is 16.3. The van der Waals surface area contributed by atoms with Gasteiger partial charge in [0.05, 0.1) is 6.10 Å². The van der Waals surface area contributed by atoms with Crippen LogP contribution in [0.4, 0.5) is 0 Å². The zero-order chi connectivity index (χ0) is 11.7. The van der Waals surface area contributed by atoms with Gasteiger partial charge in [0, 0.05) is 12.6 Å². The van der Waals surface area contributed by atoms with Crippen LogP contribution >= 0.6 is 0 Å². The van der Waals surface area contributed by atoms with E-state index in [2.05, 4.69) is 37.4 Å². The summed E-state index contributed by atoms with van der Waals surface area (Å²) in [7, 11) is 0. The molecule has 0 amide bonds. The molecule has 1 aliphatic rings. The van der Waals surface area contributed by atoms with E-state index in [1.54, 1.807) is 0 Å². The van der Waals surface area contributed by atoms with E-state index in [4.69, 9.17) is 0 Å². The molecule has 2 heteroatoms. The number of nitrogens with one attached hydrogen (secondary N) is 1. The molecule has 0 spiro atoms. The number of benzene rings is 1. The summed E-state index contributed by atoms with van der Waals surface area (Å²) in [5.41, 5.74) is 4.20. The van der Waals surface area contributed by atoms with Crippen molar-refractivity contribution < 1.29 is 5.11 Å². The van der Waals surface area contributed by atoms with E-state index in [0.29, 0.717) is 18.5 Å². The average molecular weight is 219 g/mol. The van der Waals surface area contributed by atoms with Gasteiger partial charge in [-0.15, -0.1) is 0 Å². The molecule has 2 rings (SSSR count). The van der Waals surface area contributed by atoms with Crippen LogP contribution in [0.2, 0.25) is 0 Å². The van der Waals surface area contributed by atoms with Gasteiger partial charge in [-0.3, -0.25) is 0 Å². The lowest BCUT2D eigenvalue weighted by atomic mass is 10.0. The quantitative estimate of drug-likeness (QED) is 0.817. The molecule has 2 N–H and O–H groups in total. The predicted molar refractivity (Wildman–Crippen MR) is 66.5 cm³/mol. The Bertz CT molecular complexity index is 373. The van der Waals surface area contributed by atoms with Crippen LogP contribution in [0.1, 0.15) is 36.6 Å². The summed E-state index contributed by atoms with van der Waals surface area (Å²) >= 11 is 0. The highest BCUT2D eigenvalue weighted by Gasteiger charge is 2.28. The van der Waals surface area contributed by atoms with Crippen molar-refractivity contribution >= 4 is 0 Å². The lowest BCUT2D eigenvalue weighted by Crippen LogP contribution is -2.30. The van der Waals surface area contributed by atoms with Crippen LogP contribution in [-0.4, -0.2) is 17.8 Å². The Morgan fingerprint density at radius 2 is 2.25 bits per heavy atom. The van der Waals surface area contributed by atoms with Crippen molar-refractivity contribution in [2.45, 2.75) is 39.3 Å². The Kier molecular flexibility index (Phi) is 3.31. The second-order valence-corrected chi connectivity index (χ2v) is 5.12. The third-order valence-electron chi connectivity index (χ3n) is 3.38. The molecule has 0 fully saturated rings. The van der Waals surface area contributed by atoms with Gasteiger partial charge in [-0.05, 0) is 37.3 Å². The van der Waals surface area contributed by atoms with Crippen LogP contribution in [0.15, 0.2) is 18.2 Å². The van der Waals surface area contributed by atoms with Crippen LogP contribution in [0, 0.1) is 12.8 Å². The normalized spacial score (nSPS) is 25.5. The van der Waals surface area contributed by atoms with Gasteiger partial charge < -0.3 is 10.4 Å². The standard InChI is InChI=1S/C14H21NO/c1-9-4-5-12-7-10(2)14(13(12)6-9)15-8-11(3)16/h4-6,10-11,14-16H,7-8H2,1-3H3. The van der Waals surface area contributed by atoms with Gasteiger partial charge in [-0.2, -0.15) is 0 Å². The second kappa shape index (κ2) is 4.56. The summed E-state index contributed by atoms with van der Waals surface area (Å²) in [6, 6.07) is 7.11. The molecule has 3 atom stereocenters. The first-order chi connectivity index (χ1) is 7.58. The van der Waals surface area contributed by atoms with Crippen molar-refractivity contribution in [3.8, 4) is 0 Å². The number of hydrogen-bond acceptors (Lipinski definition) is 2. The Hall–Kier alpha value is -0.860. The van der Waals surface area contributed by atoms with Crippen molar-refractivity contribution in [2.75, 3.05) is 6.54 Å². The first-order valence-corrected chi connectivity index (χ1v) is 6.09. The SMILES string of the molecule is Cc1ccc2c(c1)C(NCC(C)O)C(C)C2. The number of fused-ring (bicyclic) bond motifs is 1. The largest absolute Gasteiger partial charge is 0.392 e. The topological polar surface area (TPSA) is 32.3 Å². The Morgan fingerprint density at radius 3 is 2.94 bits per heavy atom. The van der Waals surface area contributed by atoms with Crippen LogP contribution in [0.25, 0.3) is 0 Å². The maximum Gasteiger partial charge on any atom is 0.0636 e. The van der Waals surface area contributed by atoms with Gasteiger partial charge >= 0.3 is 0 Å². The zero-order valence-corrected chi connectivity index (χ0v) is 10.3. The third-order valence-corrected chi connectivity index (χ3v) is 3.38. The number of hydrogen-bond donors (Lipinski definition) is 2. The molecule has 0 radical (unpaired) electrons. The molecular weight excluding hydrogens is 198 g/mol. The van der Waals surface area contributed by atoms with Crippen LogP contribution in [0.5, 0.6) is 0 Å². The molecule has 0 bridgehead atoms. The third kappa shape index (κ3) is 2.28. The minimum Gasteiger partial charge on any atom is -0.392 e. The van der Waals surface area contributed by atoms with E-state index in [1.807, 2.05) is 6.92 Å². The van der Waals surface area contributed by atoms with Gasteiger partial charge in [0.15, 0.2) is 0 Å². The Labute approximate surface area is 97.7 Å². The first-order valence-electron chi connectivity index (χ1n) is 6.09. The van der Waals surface area contributed by atoms with Gasteiger partial charge in [0.25, 0.3) is 0 Å². The van der Waals surface area contributed by atoms with Crippen LogP contribution in [0.3, 0.4) is 0 Å². The fourth-order valence-electron chi connectivity index (χ4n) is 2.57. The van der Waals surface area contributed by atoms with E-state index in [1.165, 1.54) is 16.7 Å². The first kappa shape index (κ1) is 11.6. The summed E-state index contributed by atoms with van der Waals surface area (Å²) in [4.78, 5) is 0. The highest BCUT2D eigenvalue weighted by Crippen LogP contribution is 2.36. The highest BCUT2D eigenvalue weighted by molar-refractivity contribution is 5.38. The number of aryl methyl sites for hydroxylation is 1. The molecule has 0 saturated heterocycles. The molecule has 16 heavy (non-hydrogen) atoms. The van der Waals surface area contributed by atoms with Crippen molar-refractivity contribution in [1.29, 1.82) is 0 Å². The lowest BCUT2D eigenvalue weighted by Gasteiger charge is -2.20. The average Bonchev–Trinajstić information content (AvgIpc) is 2.51. The van der Waals surface area contributed by atoms with E-state index in [9.17, 15) is 5.11 Å². The van der Waals surface area contributed by atoms with Crippen LogP contribution in [-0.2, 0) is 6.42 Å². The summed E-state index contributed by atoms with van der Waals surface area (Å²) in [6.07, 6.45) is 0.869. The molecule has 0 heterocycles. The van der Waals surface area contributed by atoms with Crippen molar-refractivity contribution in [3.63, 3.8) is 0 Å². The van der Waals surface area contributed by atoms with Crippen molar-refractivity contribution in [1.82, 2.24) is 5.32 Å². The maximum absolute atomic E-state index is 9.34. The molecule has 1 aliphatic carbocycles. The van der Waals surface area contributed by atoms with E-state index < -0.39 is 0 Å². The lowest BCUT2D eigenvalue weighted by molar-refractivity contribution is 0.182. The second-order valence-electron chi connectivity index (χ2n) is 5.12. The van der Waals surface area contributed by atoms with Crippen molar-refractivity contribution in [3.05, 3.63) is 34.9 Å².